The van der Waals surface area contributed by atoms with Gasteiger partial charge in [-0.1, -0.05) is 12.1 Å². The summed E-state index contributed by atoms with van der Waals surface area (Å²) in [5, 5.41) is 12.9. The highest BCUT2D eigenvalue weighted by molar-refractivity contribution is 5.77. The number of hydrogen-bond acceptors (Lipinski definition) is 7. The van der Waals surface area contributed by atoms with Gasteiger partial charge in [0, 0.05) is 19.6 Å². The van der Waals surface area contributed by atoms with Crippen molar-refractivity contribution in [2.45, 2.75) is 44.9 Å². The fraction of sp³-hybridized carbons (Fsp3) is 0.619. The summed E-state index contributed by atoms with van der Waals surface area (Å²) >= 11 is 0. The van der Waals surface area contributed by atoms with Crippen molar-refractivity contribution < 1.29 is 28.9 Å². The van der Waals surface area contributed by atoms with Crippen LogP contribution >= 0.6 is 0 Å². The van der Waals surface area contributed by atoms with E-state index in [1.807, 2.05) is 12.1 Å². The smallest absolute Gasteiger partial charge is 0.407 e. The summed E-state index contributed by atoms with van der Waals surface area (Å²) in [5.74, 6) is 0.492. The van der Waals surface area contributed by atoms with Crippen molar-refractivity contribution in [3.8, 4) is 5.75 Å². The predicted octanol–water partition coefficient (Wildman–Crippen LogP) is 0.680. The minimum atomic E-state index is -0.917. The molecule has 1 heterocycles. The third kappa shape index (κ3) is 8.17. The first-order valence-corrected chi connectivity index (χ1v) is 10.1. The quantitative estimate of drug-likeness (QED) is 0.562. The molecule has 0 saturated carbocycles. The molecule has 30 heavy (non-hydrogen) atoms. The Morgan fingerprint density at radius 1 is 1.23 bits per heavy atom. The molecule has 2 rings (SSSR count). The molecule has 1 aliphatic rings. The van der Waals surface area contributed by atoms with E-state index in [0.717, 1.165) is 5.56 Å². The molecule has 2 atom stereocenters. The lowest BCUT2D eigenvalue weighted by Crippen LogP contribution is -2.49. The van der Waals surface area contributed by atoms with Gasteiger partial charge in [-0.25, -0.2) is 4.79 Å². The van der Waals surface area contributed by atoms with E-state index in [1.54, 1.807) is 37.8 Å². The Morgan fingerprint density at radius 2 is 1.87 bits per heavy atom. The molecule has 1 aromatic rings. The zero-order chi connectivity index (χ0) is 22.1. The van der Waals surface area contributed by atoms with Crippen LogP contribution in [-0.2, 0) is 20.7 Å². The largest absolute Gasteiger partial charge is 0.484 e. The Bertz CT molecular complexity index is 683. The van der Waals surface area contributed by atoms with Gasteiger partial charge in [0.15, 0.2) is 6.61 Å². The molecule has 1 saturated heterocycles. The van der Waals surface area contributed by atoms with Crippen LogP contribution in [0.15, 0.2) is 24.3 Å². The van der Waals surface area contributed by atoms with E-state index in [9.17, 15) is 14.7 Å². The molecular formula is C21H33N3O6. The molecule has 168 valence electrons. The van der Waals surface area contributed by atoms with E-state index < -0.39 is 23.8 Å². The van der Waals surface area contributed by atoms with E-state index in [4.69, 9.17) is 19.9 Å². The Hall–Kier alpha value is -2.36. The lowest BCUT2D eigenvalue weighted by molar-refractivity contribution is -0.137. The van der Waals surface area contributed by atoms with Crippen molar-refractivity contribution >= 4 is 12.0 Å². The summed E-state index contributed by atoms with van der Waals surface area (Å²) < 4.78 is 16.1. The maximum atomic E-state index is 12.1. The topological polar surface area (TPSA) is 123 Å². The molecule has 2 amide bonds. The third-order valence-corrected chi connectivity index (χ3v) is 4.51. The standard InChI is InChI=1S/C21H33N3O6/c1-21(2,3)30-20(27)23-17(18(25)13-22)12-15-4-6-16(7-5-15)29-14-19(26)24-8-10-28-11-9-24/h4-7,17-18,25H,8-14,22H2,1-3H3,(H,23,27)/t17-,18+/m1/s1. The number of morpholine rings is 1. The summed E-state index contributed by atoms with van der Waals surface area (Å²) in [4.78, 5) is 25.9. The molecule has 0 unspecified atom stereocenters. The highest BCUT2D eigenvalue weighted by Gasteiger charge is 2.24. The monoisotopic (exact) mass is 423 g/mol. The fourth-order valence-corrected chi connectivity index (χ4v) is 2.93. The average Bonchev–Trinajstić information content (AvgIpc) is 2.71. The van der Waals surface area contributed by atoms with Crippen LogP contribution in [0, 0.1) is 0 Å². The molecule has 9 heteroatoms. The first-order valence-electron chi connectivity index (χ1n) is 10.1. The Kier molecular flexibility index (Phi) is 8.88. The second-order valence-corrected chi connectivity index (χ2v) is 8.19. The third-order valence-electron chi connectivity index (χ3n) is 4.51. The maximum Gasteiger partial charge on any atom is 0.407 e. The van der Waals surface area contributed by atoms with Gasteiger partial charge in [-0.3, -0.25) is 4.79 Å². The number of benzene rings is 1. The number of nitrogens with two attached hydrogens (primary N) is 1. The number of amides is 2. The van der Waals surface area contributed by atoms with Crippen LogP contribution in [0.25, 0.3) is 0 Å². The van der Waals surface area contributed by atoms with Gasteiger partial charge < -0.3 is 35.3 Å². The molecule has 0 spiro atoms. The molecule has 0 aliphatic carbocycles. The van der Waals surface area contributed by atoms with E-state index in [2.05, 4.69) is 5.32 Å². The van der Waals surface area contributed by atoms with Crippen LogP contribution < -0.4 is 15.8 Å². The average molecular weight is 424 g/mol. The number of carbonyl (C=O) groups excluding carboxylic acids is 2. The van der Waals surface area contributed by atoms with Gasteiger partial charge in [0.2, 0.25) is 0 Å². The van der Waals surface area contributed by atoms with Crippen LogP contribution in [-0.4, -0.2) is 79.2 Å². The molecule has 1 aliphatic heterocycles. The van der Waals surface area contributed by atoms with Gasteiger partial charge in [-0.05, 0) is 44.9 Å². The van der Waals surface area contributed by atoms with Crippen LogP contribution in [0.2, 0.25) is 0 Å². The molecule has 1 aromatic carbocycles. The van der Waals surface area contributed by atoms with Crippen molar-refractivity contribution in [1.82, 2.24) is 10.2 Å². The minimum Gasteiger partial charge on any atom is -0.484 e. The van der Waals surface area contributed by atoms with E-state index >= 15 is 0 Å². The summed E-state index contributed by atoms with van der Waals surface area (Å²) in [7, 11) is 0. The summed E-state index contributed by atoms with van der Waals surface area (Å²) in [6, 6.07) is 6.55. The molecular weight excluding hydrogens is 390 g/mol. The van der Waals surface area contributed by atoms with E-state index in [1.165, 1.54) is 0 Å². The number of ether oxygens (including phenoxy) is 3. The van der Waals surface area contributed by atoms with Gasteiger partial charge in [-0.2, -0.15) is 0 Å². The highest BCUT2D eigenvalue weighted by atomic mass is 16.6. The Labute approximate surface area is 177 Å². The van der Waals surface area contributed by atoms with Gasteiger partial charge in [-0.15, -0.1) is 0 Å². The fourth-order valence-electron chi connectivity index (χ4n) is 2.93. The number of nitrogens with zero attached hydrogens (tertiary/aromatic N) is 1. The van der Waals surface area contributed by atoms with Crippen LogP contribution in [0.5, 0.6) is 5.75 Å². The zero-order valence-electron chi connectivity index (χ0n) is 17.9. The summed E-state index contributed by atoms with van der Waals surface area (Å²) in [6.45, 7) is 7.53. The first kappa shape index (κ1) is 23.9. The van der Waals surface area contributed by atoms with Crippen molar-refractivity contribution in [1.29, 1.82) is 0 Å². The number of alkyl carbamates (subject to hydrolysis) is 1. The lowest BCUT2D eigenvalue weighted by atomic mass is 10.0. The zero-order valence-corrected chi connectivity index (χ0v) is 17.9. The number of nitrogens with one attached hydrogen (secondary N) is 1. The number of carbonyl (C=O) groups is 2. The van der Waals surface area contributed by atoms with Crippen LogP contribution in [0.4, 0.5) is 4.79 Å². The summed E-state index contributed by atoms with van der Waals surface area (Å²) in [5.41, 5.74) is 5.81. The SMILES string of the molecule is CC(C)(C)OC(=O)N[C@H](Cc1ccc(OCC(=O)N2CCOCC2)cc1)[C@@H](O)CN. The highest BCUT2D eigenvalue weighted by Crippen LogP contribution is 2.15. The molecule has 0 radical (unpaired) electrons. The maximum absolute atomic E-state index is 12.1. The number of rotatable bonds is 8. The second kappa shape index (κ2) is 11.1. The number of hydrogen-bond donors (Lipinski definition) is 3. The number of aliphatic hydroxyl groups is 1. The van der Waals surface area contributed by atoms with Gasteiger partial charge in [0.1, 0.15) is 11.4 Å². The predicted molar refractivity (Wildman–Crippen MR) is 111 cm³/mol. The first-order chi connectivity index (χ1) is 14.2. The van der Waals surface area contributed by atoms with Gasteiger partial charge >= 0.3 is 6.09 Å². The minimum absolute atomic E-state index is 0.00527. The van der Waals surface area contributed by atoms with Crippen molar-refractivity contribution in [2.75, 3.05) is 39.5 Å². The lowest BCUT2D eigenvalue weighted by Gasteiger charge is -2.27. The van der Waals surface area contributed by atoms with Gasteiger partial charge in [0.25, 0.3) is 5.91 Å². The van der Waals surface area contributed by atoms with Crippen molar-refractivity contribution in [3.05, 3.63) is 29.8 Å². The Balaban J connectivity index is 1.89. The normalized spacial score (nSPS) is 16.5. The molecule has 1 fully saturated rings. The molecule has 0 aromatic heterocycles. The Morgan fingerprint density at radius 3 is 2.43 bits per heavy atom. The van der Waals surface area contributed by atoms with E-state index in [-0.39, 0.29) is 19.1 Å². The second-order valence-electron chi connectivity index (χ2n) is 8.19. The summed E-state index contributed by atoms with van der Waals surface area (Å²) in [6.07, 6.45) is -1.16. The van der Waals surface area contributed by atoms with E-state index in [0.29, 0.717) is 38.5 Å². The van der Waals surface area contributed by atoms with Crippen molar-refractivity contribution in [2.24, 2.45) is 5.73 Å². The van der Waals surface area contributed by atoms with Crippen LogP contribution in [0.3, 0.4) is 0 Å². The molecule has 9 nitrogen and oxygen atoms in total. The van der Waals surface area contributed by atoms with Gasteiger partial charge in [0.05, 0.1) is 25.4 Å². The molecule has 4 N–H and O–H groups in total. The number of aliphatic hydroxyl groups excluding tert-OH is 1. The van der Waals surface area contributed by atoms with Crippen molar-refractivity contribution in [3.63, 3.8) is 0 Å². The van der Waals surface area contributed by atoms with Crippen LogP contribution in [0.1, 0.15) is 26.3 Å². The molecule has 0 bridgehead atoms.